The van der Waals surface area contributed by atoms with Crippen LogP contribution in [0.1, 0.15) is 44.2 Å². The van der Waals surface area contributed by atoms with E-state index in [1.807, 2.05) is 0 Å². The molecule has 7 nitrogen and oxygen atoms in total. The molecule has 1 fully saturated rings. The maximum atomic E-state index is 12.4. The lowest BCUT2D eigenvalue weighted by atomic mass is 10.1. The van der Waals surface area contributed by atoms with Gasteiger partial charge >= 0.3 is 6.03 Å². The lowest BCUT2D eigenvalue weighted by Gasteiger charge is -2.28. The molecular weight excluding hydrogens is 318 g/mol. The third kappa shape index (κ3) is 4.43. The molecule has 0 spiro atoms. The molecule has 1 atom stereocenters. The number of primary sulfonamides is 1. The van der Waals surface area contributed by atoms with Crippen molar-refractivity contribution in [3.05, 3.63) is 29.8 Å². The highest BCUT2D eigenvalue weighted by Gasteiger charge is 2.28. The van der Waals surface area contributed by atoms with Gasteiger partial charge < -0.3 is 5.32 Å². The van der Waals surface area contributed by atoms with Crippen molar-refractivity contribution in [2.75, 3.05) is 7.11 Å². The van der Waals surface area contributed by atoms with Crippen LogP contribution in [0.3, 0.4) is 0 Å². The third-order valence-electron chi connectivity index (χ3n) is 4.08. The summed E-state index contributed by atoms with van der Waals surface area (Å²) in [6.45, 7) is 1.78. The second-order valence-electron chi connectivity index (χ2n) is 5.74. The van der Waals surface area contributed by atoms with Crippen LogP contribution in [0.2, 0.25) is 0 Å². The average molecular weight is 341 g/mol. The summed E-state index contributed by atoms with van der Waals surface area (Å²) in [6, 6.07) is 5.62. The molecule has 0 heterocycles. The third-order valence-corrected chi connectivity index (χ3v) is 4.99. The summed E-state index contributed by atoms with van der Waals surface area (Å²) in [4.78, 5) is 17.6. The highest BCUT2D eigenvalue weighted by atomic mass is 32.2. The summed E-state index contributed by atoms with van der Waals surface area (Å²) in [7, 11) is -2.29. The summed E-state index contributed by atoms with van der Waals surface area (Å²) in [5, 5.41) is 9.33. The molecule has 1 saturated carbocycles. The van der Waals surface area contributed by atoms with Crippen molar-refractivity contribution in [1.82, 2.24) is 10.4 Å². The van der Waals surface area contributed by atoms with Gasteiger partial charge in [0, 0.05) is 0 Å². The molecule has 0 radical (unpaired) electrons. The zero-order valence-corrected chi connectivity index (χ0v) is 14.2. The van der Waals surface area contributed by atoms with Crippen LogP contribution < -0.4 is 10.5 Å². The summed E-state index contributed by atoms with van der Waals surface area (Å²) >= 11 is 0. The first kappa shape index (κ1) is 17.7. The van der Waals surface area contributed by atoms with E-state index in [0.29, 0.717) is 5.56 Å². The average Bonchev–Trinajstić information content (AvgIpc) is 3.01. The Morgan fingerprint density at radius 1 is 1.39 bits per heavy atom. The van der Waals surface area contributed by atoms with E-state index < -0.39 is 10.0 Å². The molecule has 2 amide bonds. The normalized spacial score (nSPS) is 17.0. The van der Waals surface area contributed by atoms with E-state index in [0.717, 1.165) is 25.7 Å². The van der Waals surface area contributed by atoms with Gasteiger partial charge in [-0.15, -0.1) is 0 Å². The Bertz CT molecular complexity index is 656. The van der Waals surface area contributed by atoms with Gasteiger partial charge in [-0.1, -0.05) is 25.0 Å². The van der Waals surface area contributed by atoms with Crippen LogP contribution in [0.5, 0.6) is 0 Å². The van der Waals surface area contributed by atoms with Crippen molar-refractivity contribution in [3.8, 4) is 0 Å². The second kappa shape index (κ2) is 7.29. The van der Waals surface area contributed by atoms with Crippen molar-refractivity contribution in [1.29, 1.82) is 0 Å². The van der Waals surface area contributed by atoms with Crippen LogP contribution in [-0.4, -0.2) is 32.7 Å². The van der Waals surface area contributed by atoms with Gasteiger partial charge in [0.15, 0.2) is 0 Å². The van der Waals surface area contributed by atoms with E-state index in [9.17, 15) is 13.2 Å². The zero-order chi connectivity index (χ0) is 17.0. The van der Waals surface area contributed by atoms with Gasteiger partial charge in [0.05, 0.1) is 24.1 Å². The minimum atomic E-state index is -3.77. The molecule has 0 unspecified atom stereocenters. The quantitative estimate of drug-likeness (QED) is 0.799. The molecule has 1 aliphatic carbocycles. The van der Waals surface area contributed by atoms with Crippen molar-refractivity contribution < 1.29 is 18.0 Å². The highest BCUT2D eigenvalue weighted by molar-refractivity contribution is 7.89. The Kier molecular flexibility index (Phi) is 5.61. The van der Waals surface area contributed by atoms with Crippen molar-refractivity contribution in [2.45, 2.75) is 49.6 Å². The van der Waals surface area contributed by atoms with Gasteiger partial charge in [0.25, 0.3) is 0 Å². The molecule has 1 aromatic rings. The largest absolute Gasteiger partial charge is 0.342 e. The van der Waals surface area contributed by atoms with Crippen LogP contribution in [0.4, 0.5) is 4.79 Å². The molecule has 0 bridgehead atoms. The van der Waals surface area contributed by atoms with Crippen LogP contribution in [-0.2, 0) is 14.9 Å². The van der Waals surface area contributed by atoms with Gasteiger partial charge in [-0.2, -0.15) is 0 Å². The monoisotopic (exact) mass is 341 g/mol. The Labute approximate surface area is 136 Å². The van der Waals surface area contributed by atoms with E-state index in [-0.39, 0.29) is 23.0 Å². The number of hydroxylamine groups is 2. The van der Waals surface area contributed by atoms with Gasteiger partial charge in [-0.3, -0.25) is 4.84 Å². The lowest BCUT2D eigenvalue weighted by molar-refractivity contribution is -0.115. The summed E-state index contributed by atoms with van der Waals surface area (Å²) in [5.74, 6) is 0. The molecule has 1 aromatic carbocycles. The first-order valence-electron chi connectivity index (χ1n) is 7.59. The number of nitrogens with zero attached hydrogens (tertiary/aromatic N) is 1. The van der Waals surface area contributed by atoms with Crippen molar-refractivity contribution in [2.24, 2.45) is 5.14 Å². The lowest BCUT2D eigenvalue weighted by Crippen LogP contribution is -2.45. The van der Waals surface area contributed by atoms with E-state index in [2.05, 4.69) is 5.32 Å². The molecule has 0 saturated heterocycles. The molecular formula is C15H23N3O4S. The van der Waals surface area contributed by atoms with Gasteiger partial charge in [0.2, 0.25) is 10.0 Å². The predicted octanol–water partition coefficient (Wildman–Crippen LogP) is 1.91. The first-order valence-corrected chi connectivity index (χ1v) is 9.14. The SMILES string of the molecule is CON(C(=O)N[C@H](C)c1cccc(S(N)(=O)=O)c1)C1CCCC1. The molecule has 2 rings (SSSR count). The Morgan fingerprint density at radius 3 is 2.61 bits per heavy atom. The number of benzene rings is 1. The maximum absolute atomic E-state index is 12.4. The number of hydrogen-bond acceptors (Lipinski definition) is 4. The van der Waals surface area contributed by atoms with Crippen LogP contribution in [0, 0.1) is 0 Å². The van der Waals surface area contributed by atoms with E-state index in [1.54, 1.807) is 19.1 Å². The number of amides is 2. The molecule has 3 N–H and O–H groups in total. The summed E-state index contributed by atoms with van der Waals surface area (Å²) in [5.41, 5.74) is 0.660. The number of urea groups is 1. The number of carbonyl (C=O) groups excluding carboxylic acids is 1. The number of nitrogens with one attached hydrogen (secondary N) is 1. The minimum absolute atomic E-state index is 0.0236. The van der Waals surface area contributed by atoms with E-state index in [4.69, 9.17) is 9.98 Å². The molecule has 0 aliphatic heterocycles. The Hall–Kier alpha value is -1.64. The molecule has 23 heavy (non-hydrogen) atoms. The fraction of sp³-hybridized carbons (Fsp3) is 0.533. The molecule has 1 aliphatic rings. The molecule has 128 valence electrons. The Morgan fingerprint density at radius 2 is 2.04 bits per heavy atom. The standard InChI is InChI=1S/C15H23N3O4S/c1-11(12-6-5-9-14(10-12)23(16,20)21)17-15(19)18(22-2)13-7-3-4-8-13/h5-6,9-11,13H,3-4,7-8H2,1-2H3,(H,17,19)(H2,16,20,21)/t11-/m1/s1. The number of nitrogens with two attached hydrogens (primary N) is 1. The number of carbonyl (C=O) groups is 1. The van der Waals surface area contributed by atoms with E-state index in [1.165, 1.54) is 24.3 Å². The fourth-order valence-corrected chi connectivity index (χ4v) is 3.40. The van der Waals surface area contributed by atoms with Gasteiger partial charge in [0.1, 0.15) is 0 Å². The molecule has 8 heteroatoms. The second-order valence-corrected chi connectivity index (χ2v) is 7.30. The van der Waals surface area contributed by atoms with Crippen molar-refractivity contribution >= 4 is 16.1 Å². The number of sulfonamides is 1. The van der Waals surface area contributed by atoms with Crippen molar-refractivity contribution in [3.63, 3.8) is 0 Å². The van der Waals surface area contributed by atoms with E-state index >= 15 is 0 Å². The minimum Gasteiger partial charge on any atom is -0.330 e. The van der Waals surface area contributed by atoms with Gasteiger partial charge in [-0.05, 0) is 37.5 Å². The predicted molar refractivity (Wildman–Crippen MR) is 85.9 cm³/mol. The topological polar surface area (TPSA) is 102 Å². The van der Waals surface area contributed by atoms with Crippen LogP contribution in [0.15, 0.2) is 29.2 Å². The smallest absolute Gasteiger partial charge is 0.330 e. The first-order chi connectivity index (χ1) is 10.8. The fourth-order valence-electron chi connectivity index (χ4n) is 2.83. The summed E-state index contributed by atoms with van der Waals surface area (Å²) < 4.78 is 22.8. The summed E-state index contributed by atoms with van der Waals surface area (Å²) in [6.07, 6.45) is 4.03. The van der Waals surface area contributed by atoms with Crippen LogP contribution >= 0.6 is 0 Å². The number of hydrogen-bond donors (Lipinski definition) is 2. The molecule has 0 aromatic heterocycles. The maximum Gasteiger partial charge on any atom is 0.342 e. The Balaban J connectivity index is 2.08. The number of rotatable bonds is 5. The van der Waals surface area contributed by atoms with Crippen LogP contribution in [0.25, 0.3) is 0 Å². The zero-order valence-electron chi connectivity index (χ0n) is 13.4. The highest BCUT2D eigenvalue weighted by Crippen LogP contribution is 2.24. The van der Waals surface area contributed by atoms with Gasteiger partial charge in [-0.25, -0.2) is 23.4 Å².